The van der Waals surface area contributed by atoms with Gasteiger partial charge in [0.05, 0.1) is 24.6 Å². The van der Waals surface area contributed by atoms with E-state index in [1.807, 2.05) is 0 Å². The van der Waals surface area contributed by atoms with Crippen LogP contribution in [-0.2, 0) is 4.74 Å². The second-order valence-electron chi connectivity index (χ2n) is 7.22. The van der Waals surface area contributed by atoms with Crippen LogP contribution in [0.4, 0.5) is 5.82 Å². The van der Waals surface area contributed by atoms with E-state index >= 15 is 0 Å². The standard InChI is InChI=1S/C16H23N5O5/c1-16(25)4-2-3-9(16)20-13-10-14(18-6-17-13)21(7-19-10)15-12(24)11(23)8(5-22)26-15/h6-9,11-12,15,22-25H,2-5H2,1H3,(H,17,18,20)/t8-,9?,11-,12-,15-,16?/m1/s1. The average molecular weight is 365 g/mol. The molecule has 0 amide bonds. The maximum atomic E-state index is 10.4. The summed E-state index contributed by atoms with van der Waals surface area (Å²) in [7, 11) is 0. The van der Waals surface area contributed by atoms with E-state index in [-0.39, 0.29) is 6.04 Å². The minimum absolute atomic E-state index is 0.139. The van der Waals surface area contributed by atoms with Gasteiger partial charge in [-0.1, -0.05) is 0 Å². The van der Waals surface area contributed by atoms with Crippen molar-refractivity contribution in [1.82, 2.24) is 19.5 Å². The topological polar surface area (TPSA) is 146 Å². The van der Waals surface area contributed by atoms with Crippen molar-refractivity contribution in [3.05, 3.63) is 12.7 Å². The van der Waals surface area contributed by atoms with Crippen molar-refractivity contribution in [3.63, 3.8) is 0 Å². The van der Waals surface area contributed by atoms with Gasteiger partial charge in [-0.3, -0.25) is 4.57 Å². The zero-order valence-electron chi connectivity index (χ0n) is 14.4. The van der Waals surface area contributed by atoms with Gasteiger partial charge in [0.15, 0.2) is 23.2 Å². The number of hydrogen-bond donors (Lipinski definition) is 5. The van der Waals surface area contributed by atoms with Crippen molar-refractivity contribution in [2.75, 3.05) is 11.9 Å². The molecule has 10 heteroatoms. The molecular formula is C16H23N5O5. The van der Waals surface area contributed by atoms with Crippen LogP contribution in [0.15, 0.2) is 12.7 Å². The molecule has 5 N–H and O–H groups in total. The Labute approximate surface area is 149 Å². The number of hydrogen-bond acceptors (Lipinski definition) is 9. The molecule has 0 spiro atoms. The smallest absolute Gasteiger partial charge is 0.167 e. The lowest BCUT2D eigenvalue weighted by Gasteiger charge is -2.26. The number of aliphatic hydroxyl groups is 4. The average Bonchev–Trinajstić information content (AvgIpc) is 3.26. The summed E-state index contributed by atoms with van der Waals surface area (Å²) in [6.45, 7) is 1.40. The lowest BCUT2D eigenvalue weighted by atomic mass is 10.0. The molecular weight excluding hydrogens is 342 g/mol. The van der Waals surface area contributed by atoms with Crippen molar-refractivity contribution < 1.29 is 25.2 Å². The van der Waals surface area contributed by atoms with Gasteiger partial charge in [-0.05, 0) is 26.2 Å². The first-order chi connectivity index (χ1) is 12.4. The highest BCUT2D eigenvalue weighted by Crippen LogP contribution is 2.34. The fraction of sp³-hybridized carbons (Fsp3) is 0.688. The number of imidazole rings is 1. The number of rotatable bonds is 4. The molecule has 2 aromatic rings. The first-order valence-corrected chi connectivity index (χ1v) is 8.71. The van der Waals surface area contributed by atoms with Gasteiger partial charge in [0.1, 0.15) is 24.6 Å². The Balaban J connectivity index is 1.66. The molecule has 4 rings (SSSR count). The van der Waals surface area contributed by atoms with Gasteiger partial charge in [0.25, 0.3) is 0 Å². The Bertz CT molecular complexity index is 796. The Morgan fingerprint density at radius 1 is 1.31 bits per heavy atom. The zero-order valence-corrected chi connectivity index (χ0v) is 14.4. The second-order valence-corrected chi connectivity index (χ2v) is 7.22. The van der Waals surface area contributed by atoms with E-state index in [9.17, 15) is 20.4 Å². The lowest BCUT2D eigenvalue weighted by Crippen LogP contribution is -2.39. The SMILES string of the molecule is CC1(O)CCCC1Nc1ncnc2c1ncn2[C@@H]1O[C@H](CO)[C@@H](O)[C@H]1O. The molecule has 2 aromatic heterocycles. The number of nitrogens with zero attached hydrogens (tertiary/aromatic N) is 4. The van der Waals surface area contributed by atoms with Crippen LogP contribution in [0.25, 0.3) is 11.2 Å². The predicted molar refractivity (Wildman–Crippen MR) is 90.2 cm³/mol. The Morgan fingerprint density at radius 3 is 2.77 bits per heavy atom. The van der Waals surface area contributed by atoms with Crippen LogP contribution in [-0.4, -0.2) is 76.5 Å². The quantitative estimate of drug-likeness (QED) is 0.468. The number of nitrogens with one attached hydrogen (secondary N) is 1. The highest BCUT2D eigenvalue weighted by atomic mass is 16.6. The van der Waals surface area contributed by atoms with E-state index in [0.717, 1.165) is 19.3 Å². The van der Waals surface area contributed by atoms with Gasteiger partial charge >= 0.3 is 0 Å². The molecule has 1 saturated carbocycles. The fourth-order valence-corrected chi connectivity index (χ4v) is 3.80. The van der Waals surface area contributed by atoms with Crippen LogP contribution in [0.1, 0.15) is 32.4 Å². The first-order valence-electron chi connectivity index (χ1n) is 8.71. The largest absolute Gasteiger partial charge is 0.394 e. The highest BCUT2D eigenvalue weighted by molar-refractivity contribution is 5.83. The van der Waals surface area contributed by atoms with Crippen LogP contribution in [0, 0.1) is 0 Å². The summed E-state index contributed by atoms with van der Waals surface area (Å²) in [6.07, 6.45) is 1.09. The van der Waals surface area contributed by atoms with E-state index in [4.69, 9.17) is 4.74 Å². The summed E-state index contributed by atoms with van der Waals surface area (Å²) in [4.78, 5) is 12.8. The number of ether oxygens (including phenoxy) is 1. The third-order valence-corrected chi connectivity index (χ3v) is 5.39. The molecule has 0 radical (unpaired) electrons. The van der Waals surface area contributed by atoms with Gasteiger partial charge in [-0.15, -0.1) is 0 Å². The minimum atomic E-state index is -1.22. The normalized spacial score (nSPS) is 37.5. The third-order valence-electron chi connectivity index (χ3n) is 5.39. The van der Waals surface area contributed by atoms with Crippen molar-refractivity contribution in [2.24, 2.45) is 0 Å². The molecule has 1 saturated heterocycles. The predicted octanol–water partition coefficient (Wildman–Crippen LogP) is -0.847. The van der Waals surface area contributed by atoms with Crippen LogP contribution in [0.5, 0.6) is 0 Å². The third kappa shape index (κ3) is 2.74. The number of anilines is 1. The van der Waals surface area contributed by atoms with Crippen molar-refractivity contribution in [1.29, 1.82) is 0 Å². The van der Waals surface area contributed by atoms with Crippen LogP contribution in [0.2, 0.25) is 0 Å². The summed E-state index contributed by atoms with van der Waals surface area (Å²) >= 11 is 0. The van der Waals surface area contributed by atoms with E-state index in [2.05, 4.69) is 20.3 Å². The Morgan fingerprint density at radius 2 is 2.12 bits per heavy atom. The second kappa shape index (κ2) is 6.39. The summed E-state index contributed by atoms with van der Waals surface area (Å²) in [6, 6.07) is -0.139. The molecule has 0 aromatic carbocycles. The molecule has 142 valence electrons. The Hall–Kier alpha value is -1.85. The molecule has 1 aliphatic heterocycles. The summed E-state index contributed by atoms with van der Waals surface area (Å²) in [5, 5.41) is 43.1. The molecule has 1 aliphatic carbocycles. The maximum Gasteiger partial charge on any atom is 0.167 e. The lowest BCUT2D eigenvalue weighted by molar-refractivity contribution is -0.0511. The zero-order chi connectivity index (χ0) is 18.5. The van der Waals surface area contributed by atoms with Crippen molar-refractivity contribution >= 4 is 17.0 Å². The summed E-state index contributed by atoms with van der Waals surface area (Å²) in [5.74, 6) is 0.493. The van der Waals surface area contributed by atoms with E-state index in [1.54, 1.807) is 6.92 Å². The van der Waals surface area contributed by atoms with Crippen LogP contribution in [0.3, 0.4) is 0 Å². The van der Waals surface area contributed by atoms with Gasteiger partial charge < -0.3 is 30.5 Å². The molecule has 26 heavy (non-hydrogen) atoms. The fourth-order valence-electron chi connectivity index (χ4n) is 3.80. The molecule has 10 nitrogen and oxygen atoms in total. The monoisotopic (exact) mass is 365 g/mol. The van der Waals surface area contributed by atoms with E-state index in [1.165, 1.54) is 17.2 Å². The van der Waals surface area contributed by atoms with Crippen LogP contribution < -0.4 is 5.32 Å². The van der Waals surface area contributed by atoms with Crippen molar-refractivity contribution in [3.8, 4) is 0 Å². The molecule has 2 aliphatic rings. The molecule has 2 unspecified atom stereocenters. The van der Waals surface area contributed by atoms with Gasteiger partial charge in [0, 0.05) is 0 Å². The number of aliphatic hydroxyl groups excluding tert-OH is 3. The van der Waals surface area contributed by atoms with Crippen molar-refractivity contribution in [2.45, 2.75) is 62.4 Å². The molecule has 3 heterocycles. The van der Waals surface area contributed by atoms with Gasteiger partial charge in [-0.2, -0.15) is 0 Å². The summed E-state index contributed by atoms with van der Waals surface area (Å²) in [5.41, 5.74) is 0.0891. The van der Waals surface area contributed by atoms with E-state index < -0.39 is 36.7 Å². The Kier molecular flexibility index (Phi) is 4.32. The highest BCUT2D eigenvalue weighted by Gasteiger charge is 2.44. The molecule has 6 atom stereocenters. The summed E-state index contributed by atoms with van der Waals surface area (Å²) < 4.78 is 7.06. The minimum Gasteiger partial charge on any atom is -0.394 e. The number of aromatic nitrogens is 4. The number of fused-ring (bicyclic) bond motifs is 1. The van der Waals surface area contributed by atoms with Gasteiger partial charge in [0.2, 0.25) is 0 Å². The van der Waals surface area contributed by atoms with E-state index in [0.29, 0.717) is 17.0 Å². The van der Waals surface area contributed by atoms with Crippen LogP contribution >= 0.6 is 0 Å². The molecule has 2 fully saturated rings. The van der Waals surface area contributed by atoms with Gasteiger partial charge in [-0.25, -0.2) is 15.0 Å². The molecule has 0 bridgehead atoms. The maximum absolute atomic E-state index is 10.4. The first kappa shape index (κ1) is 17.6.